The fraction of sp³-hybridized carbons (Fsp3) is 1.00. The first-order valence-corrected chi connectivity index (χ1v) is 3.18. The van der Waals surface area contributed by atoms with Crippen LogP contribution < -0.4 is 0 Å². The zero-order valence-corrected chi connectivity index (χ0v) is 10.8. The normalized spacial score (nSPS) is 2.00. The molecule has 0 aliphatic carbocycles. The van der Waals surface area contributed by atoms with Gasteiger partial charge in [-0.25, -0.2) is 0 Å². The third kappa shape index (κ3) is 78000. The molecule has 14 heavy (non-hydrogen) atoms. The molecule has 0 unspecified atom stereocenters. The summed E-state index contributed by atoms with van der Waals surface area (Å²) in [6, 6.07) is 0. The molecule has 0 aromatic heterocycles. The minimum Gasteiger partial charge on any atom is -0.796 e. The summed E-state index contributed by atoms with van der Waals surface area (Å²) in [5, 5.41) is 0. The Balaban J connectivity index is -0.00000000500. The Kier molecular flexibility index (Phi) is 464000. The summed E-state index contributed by atoms with van der Waals surface area (Å²) in [6.07, 6.45) is 3.17. The first-order valence-electron chi connectivity index (χ1n) is 1.55. The molecule has 12 heteroatoms. The SMILES string of the molecule is C[S-].C[S-].[Fe+2].[Fe+2].[N-]=O.[N-]=O.[N-]=O.[N-]=O. The van der Waals surface area contributed by atoms with Crippen LogP contribution >= 0.6 is 0 Å². The molecule has 0 saturated carbocycles. The van der Waals surface area contributed by atoms with Crippen molar-refractivity contribution < 1.29 is 34.1 Å². The van der Waals surface area contributed by atoms with Gasteiger partial charge in [-0.05, 0) is 0 Å². The Hall–Kier alpha value is 0.139. The molecule has 0 rings (SSSR count). The fourth-order valence-corrected chi connectivity index (χ4v) is 0. The molecule has 0 radical (unpaired) electrons. The first-order chi connectivity index (χ1) is 6.00. The maximum atomic E-state index is 7.25. The van der Waals surface area contributed by atoms with Crippen LogP contribution in [0.3, 0.4) is 0 Å². The van der Waals surface area contributed by atoms with Gasteiger partial charge in [0.15, 0.2) is 0 Å². The van der Waals surface area contributed by atoms with E-state index in [1.807, 2.05) is 0 Å². The van der Waals surface area contributed by atoms with Gasteiger partial charge in [-0.3, -0.25) is 0 Å². The van der Waals surface area contributed by atoms with Gasteiger partial charge in [0.25, 0.3) is 0 Å². The molecule has 0 amide bonds. The molecule has 0 atom stereocenters. The van der Waals surface area contributed by atoms with Crippen LogP contribution in [0, 0.1) is 19.6 Å². The predicted molar refractivity (Wildman–Crippen MR) is 53.5 cm³/mol. The zero-order chi connectivity index (χ0) is 12.0. The summed E-state index contributed by atoms with van der Waals surface area (Å²) in [6.45, 7) is 0. The van der Waals surface area contributed by atoms with Gasteiger partial charge in [-0.1, -0.05) is 0 Å². The van der Waals surface area contributed by atoms with E-state index in [0.717, 1.165) is 0 Å². The van der Waals surface area contributed by atoms with Crippen LogP contribution in [0.5, 0.6) is 0 Å². The van der Waals surface area contributed by atoms with E-state index in [2.05, 4.69) is 25.3 Å². The standard InChI is InChI=1S/2CH4S.2Fe.4NO/c2*1-2;;;4*1-2/h2*2H,1H3;;;;;;/q;;2*+2;4*-1/p-2. The average Bonchev–Trinajstić information content (AvgIpc) is 2.33. The van der Waals surface area contributed by atoms with Crippen LogP contribution in [0.15, 0.2) is 0 Å². The molecular weight excluding hydrogens is 320 g/mol. The molecule has 0 aliphatic rings. The molecular formula is C2H6Fe2N4O4S2-2. The van der Waals surface area contributed by atoms with Gasteiger partial charge in [-0.15, -0.1) is 0 Å². The Labute approximate surface area is 114 Å². The quantitative estimate of drug-likeness (QED) is 0.486. The summed E-state index contributed by atoms with van der Waals surface area (Å²) in [5.74, 6) is 0. The van der Waals surface area contributed by atoms with Crippen molar-refractivity contribution in [2.75, 3.05) is 12.5 Å². The van der Waals surface area contributed by atoms with Gasteiger partial charge in [0.2, 0.25) is 0 Å². The molecule has 88 valence electrons. The van der Waals surface area contributed by atoms with Crippen LogP contribution in [0.1, 0.15) is 0 Å². The summed E-state index contributed by atoms with van der Waals surface area (Å²) in [5.41, 5.74) is 23.0. The van der Waals surface area contributed by atoms with Gasteiger partial charge in [-0.2, -0.15) is 12.5 Å². The second-order valence-electron chi connectivity index (χ2n) is 0. The van der Waals surface area contributed by atoms with Crippen molar-refractivity contribution >= 4 is 25.3 Å². The largest absolute Gasteiger partial charge is 2.00 e. The van der Waals surface area contributed by atoms with Gasteiger partial charge >= 0.3 is 34.1 Å². The summed E-state index contributed by atoms with van der Waals surface area (Å²) in [4.78, 5) is 29.0. The molecule has 0 fully saturated rings. The fourth-order valence-electron chi connectivity index (χ4n) is 0. The van der Waals surface area contributed by atoms with E-state index in [1.54, 1.807) is 12.5 Å². The van der Waals surface area contributed by atoms with Crippen molar-refractivity contribution in [1.29, 1.82) is 0 Å². The number of hydrogen-bond donors (Lipinski definition) is 0. The van der Waals surface area contributed by atoms with Crippen LogP contribution in [-0.4, -0.2) is 12.5 Å². The second-order valence-corrected chi connectivity index (χ2v) is 0. The van der Waals surface area contributed by atoms with E-state index in [-0.39, 0.29) is 34.1 Å². The molecule has 0 spiro atoms. The van der Waals surface area contributed by atoms with Crippen molar-refractivity contribution in [3.63, 3.8) is 0 Å². The number of hydrogen-bond acceptors (Lipinski definition) is 6. The van der Waals surface area contributed by atoms with Crippen LogP contribution in [0.4, 0.5) is 0 Å². The van der Waals surface area contributed by atoms with Crippen molar-refractivity contribution in [3.05, 3.63) is 42.0 Å². The van der Waals surface area contributed by atoms with Gasteiger partial charge in [0, 0.05) is 0 Å². The molecule has 8 nitrogen and oxygen atoms in total. The summed E-state index contributed by atoms with van der Waals surface area (Å²) < 4.78 is 0. The molecule has 0 N–H and O–H groups in total. The van der Waals surface area contributed by atoms with Crippen molar-refractivity contribution in [1.82, 2.24) is 0 Å². The van der Waals surface area contributed by atoms with Crippen LogP contribution in [-0.2, 0) is 59.4 Å². The van der Waals surface area contributed by atoms with Crippen molar-refractivity contribution in [3.8, 4) is 0 Å². The first kappa shape index (κ1) is 64.8. The molecule has 0 bridgehead atoms. The molecule has 0 saturated heterocycles. The second kappa shape index (κ2) is 100000. The Bertz CT molecular complexity index is 39.3. The van der Waals surface area contributed by atoms with E-state index < -0.39 is 0 Å². The smallest absolute Gasteiger partial charge is 0.796 e. The maximum absolute atomic E-state index is 7.25. The Morgan fingerprint density at radius 3 is 0.500 bits per heavy atom. The van der Waals surface area contributed by atoms with E-state index >= 15 is 0 Å². The Morgan fingerprint density at radius 2 is 0.500 bits per heavy atom. The number of nitrogens with zero attached hydrogens (tertiary/aromatic N) is 4. The minimum absolute atomic E-state index is 0. The number of rotatable bonds is 0. The van der Waals surface area contributed by atoms with E-state index in [4.69, 9.17) is 42.0 Å². The van der Waals surface area contributed by atoms with Crippen molar-refractivity contribution in [2.24, 2.45) is 0 Å². The monoisotopic (exact) mass is 326 g/mol. The van der Waals surface area contributed by atoms with Crippen LogP contribution in [0.25, 0.3) is 22.4 Å². The van der Waals surface area contributed by atoms with Crippen LogP contribution in [0.2, 0.25) is 0 Å². The topological polar surface area (TPSA) is 157 Å². The molecule has 0 heterocycles. The molecule has 0 aromatic carbocycles. The summed E-state index contributed by atoms with van der Waals surface area (Å²) >= 11 is 8.17. The third-order valence-electron chi connectivity index (χ3n) is 0. The van der Waals surface area contributed by atoms with Gasteiger partial charge in [0.05, 0.1) is 0 Å². The third-order valence-corrected chi connectivity index (χ3v) is 0. The van der Waals surface area contributed by atoms with E-state index in [0.29, 0.717) is 0 Å². The van der Waals surface area contributed by atoms with E-state index in [9.17, 15) is 0 Å². The van der Waals surface area contributed by atoms with Gasteiger partial charge < -0.3 is 67.3 Å². The summed E-state index contributed by atoms with van der Waals surface area (Å²) in [7, 11) is 0. The predicted octanol–water partition coefficient (Wildman–Crippen LogP) is 1.61. The molecule has 0 aromatic rings. The molecule has 0 aliphatic heterocycles. The van der Waals surface area contributed by atoms with Crippen molar-refractivity contribution in [2.45, 2.75) is 0 Å². The Morgan fingerprint density at radius 1 is 0.500 bits per heavy atom. The zero-order valence-electron chi connectivity index (χ0n) is 6.95. The average molecular weight is 326 g/mol. The minimum atomic E-state index is 0. The maximum Gasteiger partial charge on any atom is 2.00 e. The van der Waals surface area contributed by atoms with Gasteiger partial charge in [0.1, 0.15) is 0 Å². The van der Waals surface area contributed by atoms with E-state index in [1.165, 1.54) is 0 Å². The number of nitroso groups, excluding NO2 is 4.